The van der Waals surface area contributed by atoms with Crippen molar-refractivity contribution in [3.05, 3.63) is 41.0 Å². The molecule has 0 N–H and O–H groups in total. The molecule has 0 radical (unpaired) electrons. The van der Waals surface area contributed by atoms with Gasteiger partial charge < -0.3 is 0 Å². The van der Waals surface area contributed by atoms with Gasteiger partial charge in [-0.3, -0.25) is 0 Å². The van der Waals surface area contributed by atoms with Gasteiger partial charge in [-0.15, -0.1) is 12.4 Å². The summed E-state index contributed by atoms with van der Waals surface area (Å²) in [5.74, 6) is 0. The Labute approximate surface area is 94.1 Å². The van der Waals surface area contributed by atoms with Gasteiger partial charge in [-0.05, 0) is 23.6 Å². The lowest BCUT2D eigenvalue weighted by molar-refractivity contribution is 1.10. The van der Waals surface area contributed by atoms with Crippen molar-refractivity contribution in [2.45, 2.75) is 25.6 Å². The minimum atomic E-state index is -0.586. The number of hydrogen-bond donors (Lipinski definition) is 0. The highest BCUT2D eigenvalue weighted by atomic mass is 35.5. The number of benzene rings is 1. The van der Waals surface area contributed by atoms with Crippen molar-refractivity contribution >= 4 is 27.3 Å². The fraction of sp³-hybridized carbons (Fsp3) is 0.333. The van der Waals surface area contributed by atoms with Crippen LogP contribution in [-0.4, -0.2) is 8.80 Å². The third-order valence-corrected chi connectivity index (χ3v) is 5.09. The van der Waals surface area contributed by atoms with Gasteiger partial charge in [0, 0.05) is 8.80 Å². The van der Waals surface area contributed by atoms with Gasteiger partial charge in [-0.1, -0.05) is 49.0 Å². The average molecular weight is 225 g/mol. The Morgan fingerprint density at radius 2 is 1.79 bits per heavy atom. The van der Waals surface area contributed by atoms with E-state index in [0.717, 1.165) is 5.54 Å². The summed E-state index contributed by atoms with van der Waals surface area (Å²) in [6.07, 6.45) is 2.35. The molecule has 1 aliphatic rings. The molecule has 0 fully saturated rings. The summed E-state index contributed by atoms with van der Waals surface area (Å²) in [6.45, 7) is 7.14. The molecule has 1 atom stereocenters. The van der Waals surface area contributed by atoms with E-state index in [1.165, 1.54) is 5.56 Å². The Balaban J connectivity index is 0.000000980. The molecule has 1 unspecified atom stereocenters. The van der Waals surface area contributed by atoms with Gasteiger partial charge in [0.25, 0.3) is 0 Å². The predicted molar refractivity (Wildman–Crippen MR) is 69.0 cm³/mol. The molecular formula is C12H17ClSi. The monoisotopic (exact) mass is 224 g/mol. The molecule has 0 heterocycles. The lowest BCUT2D eigenvalue weighted by Gasteiger charge is -2.17. The quantitative estimate of drug-likeness (QED) is 0.639. The zero-order chi connectivity index (χ0) is 9.42. The van der Waals surface area contributed by atoms with E-state index in [-0.39, 0.29) is 12.4 Å². The molecule has 0 saturated heterocycles. The summed E-state index contributed by atoms with van der Waals surface area (Å²) in [7, 11) is -0.586. The number of hydrogen-bond acceptors (Lipinski definition) is 0. The van der Waals surface area contributed by atoms with Crippen LogP contribution >= 0.6 is 12.4 Å². The summed E-state index contributed by atoms with van der Waals surface area (Å²) in [6, 6.07) is 8.82. The van der Waals surface area contributed by atoms with E-state index < -0.39 is 8.80 Å². The van der Waals surface area contributed by atoms with Gasteiger partial charge in [0.2, 0.25) is 0 Å². The van der Waals surface area contributed by atoms with Crippen LogP contribution in [0.5, 0.6) is 0 Å². The van der Waals surface area contributed by atoms with E-state index in [2.05, 4.69) is 50.4 Å². The molecule has 0 aliphatic heterocycles. The van der Waals surface area contributed by atoms with Crippen molar-refractivity contribution in [3.8, 4) is 0 Å². The van der Waals surface area contributed by atoms with Crippen molar-refractivity contribution in [1.29, 1.82) is 0 Å². The Morgan fingerprint density at radius 3 is 2.43 bits per heavy atom. The zero-order valence-electron chi connectivity index (χ0n) is 8.95. The van der Waals surface area contributed by atoms with Crippen LogP contribution in [0, 0.1) is 0 Å². The Bertz CT molecular complexity index is 355. The summed E-state index contributed by atoms with van der Waals surface area (Å²) < 4.78 is 0. The molecule has 2 heteroatoms. The number of halogens is 1. The first-order valence-corrected chi connectivity index (χ1v) is 7.95. The second-order valence-electron chi connectivity index (χ2n) is 4.24. The molecule has 0 spiro atoms. The van der Waals surface area contributed by atoms with E-state index in [1.807, 2.05) is 0 Å². The van der Waals surface area contributed by atoms with Gasteiger partial charge in [-0.2, -0.15) is 0 Å². The van der Waals surface area contributed by atoms with Crippen molar-refractivity contribution < 1.29 is 0 Å². The summed E-state index contributed by atoms with van der Waals surface area (Å²) >= 11 is 0. The molecule has 1 aromatic carbocycles. The largest absolute Gasteiger partial charge is 0.147 e. The normalized spacial score (nSPS) is 18.9. The van der Waals surface area contributed by atoms with Crippen LogP contribution in [0.3, 0.4) is 0 Å². The first-order valence-electron chi connectivity index (χ1n) is 4.97. The highest BCUT2D eigenvalue weighted by molar-refractivity contribution is 6.58. The smallest absolute Gasteiger partial charge is 0.0439 e. The summed E-state index contributed by atoms with van der Waals surface area (Å²) in [5.41, 5.74) is 5.38. The maximum Gasteiger partial charge on any atom is 0.0439 e. The van der Waals surface area contributed by atoms with E-state index in [0.29, 0.717) is 0 Å². The molecular weight excluding hydrogens is 208 g/mol. The average Bonchev–Trinajstić information content (AvgIpc) is 2.39. The van der Waals surface area contributed by atoms with E-state index >= 15 is 0 Å². The molecule has 0 saturated carbocycles. The molecule has 0 nitrogen and oxygen atoms in total. The third kappa shape index (κ3) is 1.79. The Kier molecular flexibility index (Phi) is 3.57. The van der Waals surface area contributed by atoms with Gasteiger partial charge in [0.15, 0.2) is 0 Å². The Morgan fingerprint density at radius 1 is 1.14 bits per heavy atom. The fourth-order valence-electron chi connectivity index (χ4n) is 2.39. The minimum absolute atomic E-state index is 0. The Hall–Kier alpha value is -0.533. The maximum absolute atomic E-state index is 2.43. The fourth-order valence-corrected chi connectivity index (χ4v) is 4.56. The molecule has 76 valence electrons. The topological polar surface area (TPSA) is 0 Å². The molecule has 1 aliphatic carbocycles. The van der Waals surface area contributed by atoms with Gasteiger partial charge >= 0.3 is 0 Å². The molecule has 2 rings (SSSR count). The van der Waals surface area contributed by atoms with Gasteiger partial charge in [-0.25, -0.2) is 0 Å². The maximum atomic E-state index is 2.43. The highest BCUT2D eigenvalue weighted by Crippen LogP contribution is 2.37. The number of fused-ring (bicyclic) bond motifs is 1. The van der Waals surface area contributed by atoms with Crippen LogP contribution in [0.25, 0.3) is 6.08 Å². The van der Waals surface area contributed by atoms with E-state index in [4.69, 9.17) is 0 Å². The number of rotatable bonds is 1. The summed E-state index contributed by atoms with van der Waals surface area (Å²) in [5, 5.41) is 0. The minimum Gasteiger partial charge on any atom is -0.147 e. The SMILES string of the molecule is CC1=Cc2ccccc2C1[SiH](C)C.Cl. The first-order chi connectivity index (χ1) is 6.20. The zero-order valence-corrected chi connectivity index (χ0v) is 10.9. The van der Waals surface area contributed by atoms with Crippen LogP contribution in [0.15, 0.2) is 29.8 Å². The van der Waals surface area contributed by atoms with Crippen molar-refractivity contribution in [2.24, 2.45) is 0 Å². The molecule has 0 aromatic heterocycles. The first kappa shape index (κ1) is 11.5. The standard InChI is InChI=1S/C12H16Si.ClH/c1-9-8-10-6-4-5-7-11(10)12(9)13(2)3;/h4-8,12-13H,1-3H3;1H. The lowest BCUT2D eigenvalue weighted by Crippen LogP contribution is -2.14. The van der Waals surface area contributed by atoms with Crippen molar-refractivity contribution in [1.82, 2.24) is 0 Å². The third-order valence-electron chi connectivity index (χ3n) is 2.87. The van der Waals surface area contributed by atoms with E-state index in [9.17, 15) is 0 Å². The van der Waals surface area contributed by atoms with Gasteiger partial charge in [0.1, 0.15) is 0 Å². The van der Waals surface area contributed by atoms with Crippen LogP contribution < -0.4 is 0 Å². The lowest BCUT2D eigenvalue weighted by atomic mass is 10.1. The second kappa shape index (κ2) is 4.33. The van der Waals surface area contributed by atoms with Crippen molar-refractivity contribution in [3.63, 3.8) is 0 Å². The molecule has 1 aromatic rings. The molecule has 14 heavy (non-hydrogen) atoms. The number of allylic oxidation sites excluding steroid dienone is 1. The predicted octanol–water partition coefficient (Wildman–Crippen LogP) is 3.63. The summed E-state index contributed by atoms with van der Waals surface area (Å²) in [4.78, 5) is 0. The van der Waals surface area contributed by atoms with Crippen LogP contribution in [0.1, 0.15) is 23.6 Å². The van der Waals surface area contributed by atoms with Crippen LogP contribution in [-0.2, 0) is 0 Å². The second-order valence-corrected chi connectivity index (χ2v) is 7.39. The van der Waals surface area contributed by atoms with Crippen molar-refractivity contribution in [2.75, 3.05) is 0 Å². The highest BCUT2D eigenvalue weighted by Gasteiger charge is 2.24. The van der Waals surface area contributed by atoms with E-state index in [1.54, 1.807) is 11.1 Å². The van der Waals surface area contributed by atoms with Gasteiger partial charge in [0.05, 0.1) is 0 Å². The van der Waals surface area contributed by atoms with Crippen LogP contribution in [0.2, 0.25) is 13.1 Å². The molecule has 0 amide bonds. The molecule has 0 bridgehead atoms. The van der Waals surface area contributed by atoms with Crippen LogP contribution in [0.4, 0.5) is 0 Å².